The number of hydrogen-bond acceptors (Lipinski definition) is 3. The summed E-state index contributed by atoms with van der Waals surface area (Å²) in [6.07, 6.45) is 1.98. The van der Waals surface area contributed by atoms with Gasteiger partial charge in [-0.1, -0.05) is 6.92 Å². The van der Waals surface area contributed by atoms with Crippen molar-refractivity contribution in [1.82, 2.24) is 10.2 Å². The Balaban J connectivity index is 2.10. The third-order valence-electron chi connectivity index (χ3n) is 3.38. The number of nitrogens with one attached hydrogen (secondary N) is 1. The van der Waals surface area contributed by atoms with E-state index in [-0.39, 0.29) is 11.6 Å². The molecule has 0 saturated heterocycles. The maximum Gasteiger partial charge on any atom is 0.0546 e. The average molecular weight is 242 g/mol. The highest BCUT2D eigenvalue weighted by molar-refractivity contribution is 4.81. The fourth-order valence-electron chi connectivity index (χ4n) is 2.44. The van der Waals surface area contributed by atoms with Gasteiger partial charge in [0.15, 0.2) is 0 Å². The lowest BCUT2D eigenvalue weighted by molar-refractivity contribution is 0.0266. The number of hydrogen-bond donors (Lipinski definition) is 2. The van der Waals surface area contributed by atoms with Crippen LogP contribution in [0.25, 0.3) is 0 Å². The SMILES string of the molecule is CC(CNC(C)(C)C)CN(C)CC1CC(O)C1. The summed E-state index contributed by atoms with van der Waals surface area (Å²) in [5, 5.41) is 12.8. The fraction of sp³-hybridized carbons (Fsp3) is 1.00. The van der Waals surface area contributed by atoms with Crippen LogP contribution in [0, 0.1) is 11.8 Å². The van der Waals surface area contributed by atoms with Crippen LogP contribution in [0.2, 0.25) is 0 Å². The first-order valence-electron chi connectivity index (χ1n) is 6.88. The lowest BCUT2D eigenvalue weighted by Crippen LogP contribution is -2.42. The van der Waals surface area contributed by atoms with Crippen LogP contribution in [0.3, 0.4) is 0 Å². The summed E-state index contributed by atoms with van der Waals surface area (Å²) in [4.78, 5) is 2.41. The van der Waals surface area contributed by atoms with E-state index in [1.165, 1.54) is 0 Å². The Morgan fingerprint density at radius 3 is 2.41 bits per heavy atom. The lowest BCUT2D eigenvalue weighted by Gasteiger charge is -2.35. The summed E-state index contributed by atoms with van der Waals surface area (Å²) in [6, 6.07) is 0. The van der Waals surface area contributed by atoms with Crippen molar-refractivity contribution < 1.29 is 5.11 Å². The van der Waals surface area contributed by atoms with E-state index in [1.54, 1.807) is 0 Å². The minimum Gasteiger partial charge on any atom is -0.393 e. The molecule has 0 radical (unpaired) electrons. The number of aliphatic hydroxyl groups excluding tert-OH is 1. The van der Waals surface area contributed by atoms with Crippen LogP contribution in [0.5, 0.6) is 0 Å². The standard InChI is InChI=1S/C14H30N2O/c1-11(8-15-14(2,3)4)9-16(5)10-12-6-13(17)7-12/h11-13,15,17H,6-10H2,1-5H3. The second-order valence-corrected chi connectivity index (χ2v) is 6.95. The maximum atomic E-state index is 9.26. The van der Waals surface area contributed by atoms with Gasteiger partial charge in [0.1, 0.15) is 0 Å². The second kappa shape index (κ2) is 6.17. The van der Waals surface area contributed by atoms with E-state index >= 15 is 0 Å². The van der Waals surface area contributed by atoms with Crippen molar-refractivity contribution in [2.75, 3.05) is 26.7 Å². The Hall–Kier alpha value is -0.120. The molecule has 1 aliphatic carbocycles. The fourth-order valence-corrected chi connectivity index (χ4v) is 2.44. The van der Waals surface area contributed by atoms with Gasteiger partial charge in [-0.05, 0) is 59.0 Å². The first-order chi connectivity index (χ1) is 7.76. The summed E-state index contributed by atoms with van der Waals surface area (Å²) in [7, 11) is 2.19. The van der Waals surface area contributed by atoms with Crippen LogP contribution in [0.15, 0.2) is 0 Å². The molecule has 0 heterocycles. The van der Waals surface area contributed by atoms with Gasteiger partial charge in [-0.15, -0.1) is 0 Å². The zero-order valence-corrected chi connectivity index (χ0v) is 12.2. The van der Waals surface area contributed by atoms with Crippen molar-refractivity contribution in [1.29, 1.82) is 0 Å². The van der Waals surface area contributed by atoms with E-state index in [4.69, 9.17) is 0 Å². The summed E-state index contributed by atoms with van der Waals surface area (Å²) in [5.74, 6) is 1.39. The molecule has 0 spiro atoms. The average Bonchev–Trinajstić information content (AvgIpc) is 2.11. The van der Waals surface area contributed by atoms with Gasteiger partial charge in [-0.25, -0.2) is 0 Å². The van der Waals surface area contributed by atoms with Crippen LogP contribution in [-0.2, 0) is 0 Å². The van der Waals surface area contributed by atoms with E-state index in [9.17, 15) is 5.11 Å². The molecule has 17 heavy (non-hydrogen) atoms. The predicted octanol–water partition coefficient (Wildman–Crippen LogP) is 1.71. The molecule has 0 aromatic heterocycles. The largest absolute Gasteiger partial charge is 0.393 e. The Morgan fingerprint density at radius 1 is 1.35 bits per heavy atom. The monoisotopic (exact) mass is 242 g/mol. The van der Waals surface area contributed by atoms with E-state index in [1.807, 2.05) is 0 Å². The highest BCUT2D eigenvalue weighted by atomic mass is 16.3. The molecule has 1 rings (SSSR count). The van der Waals surface area contributed by atoms with Crippen LogP contribution < -0.4 is 5.32 Å². The Bertz CT molecular complexity index is 219. The number of aliphatic hydroxyl groups is 1. The van der Waals surface area contributed by atoms with Gasteiger partial charge in [0, 0.05) is 18.6 Å². The van der Waals surface area contributed by atoms with Gasteiger partial charge in [-0.3, -0.25) is 0 Å². The molecule has 102 valence electrons. The van der Waals surface area contributed by atoms with Gasteiger partial charge in [0.25, 0.3) is 0 Å². The summed E-state index contributed by atoms with van der Waals surface area (Å²) >= 11 is 0. The first kappa shape index (κ1) is 14.9. The smallest absolute Gasteiger partial charge is 0.0546 e. The zero-order chi connectivity index (χ0) is 13.1. The number of rotatable bonds is 6. The first-order valence-corrected chi connectivity index (χ1v) is 6.88. The summed E-state index contributed by atoms with van der Waals surface area (Å²) < 4.78 is 0. The van der Waals surface area contributed by atoms with Crippen LogP contribution in [0.1, 0.15) is 40.5 Å². The third kappa shape index (κ3) is 6.39. The van der Waals surface area contributed by atoms with Gasteiger partial charge in [0.05, 0.1) is 6.10 Å². The van der Waals surface area contributed by atoms with E-state index in [0.29, 0.717) is 5.92 Å². The Labute approximate surface area is 107 Å². The van der Waals surface area contributed by atoms with Crippen molar-refractivity contribution in [2.24, 2.45) is 11.8 Å². The van der Waals surface area contributed by atoms with Gasteiger partial charge in [0.2, 0.25) is 0 Å². The molecule has 0 aliphatic heterocycles. The molecule has 1 atom stereocenters. The number of nitrogens with zero attached hydrogens (tertiary/aromatic N) is 1. The molecular formula is C14H30N2O. The maximum absolute atomic E-state index is 9.26. The van der Waals surface area contributed by atoms with Crippen LogP contribution in [-0.4, -0.2) is 48.3 Å². The molecule has 0 aromatic rings. The second-order valence-electron chi connectivity index (χ2n) is 6.95. The van der Waals surface area contributed by atoms with E-state index < -0.39 is 0 Å². The molecule has 1 aliphatic rings. The molecule has 2 N–H and O–H groups in total. The molecule has 3 nitrogen and oxygen atoms in total. The van der Waals surface area contributed by atoms with Crippen molar-refractivity contribution in [3.63, 3.8) is 0 Å². The van der Waals surface area contributed by atoms with Gasteiger partial charge >= 0.3 is 0 Å². The molecule has 1 saturated carbocycles. The Morgan fingerprint density at radius 2 is 1.94 bits per heavy atom. The highest BCUT2D eigenvalue weighted by Gasteiger charge is 2.28. The quantitative estimate of drug-likeness (QED) is 0.744. The molecule has 0 aromatic carbocycles. The lowest BCUT2D eigenvalue weighted by atomic mass is 9.82. The van der Waals surface area contributed by atoms with Crippen molar-refractivity contribution in [3.8, 4) is 0 Å². The zero-order valence-electron chi connectivity index (χ0n) is 12.2. The van der Waals surface area contributed by atoms with Crippen molar-refractivity contribution in [3.05, 3.63) is 0 Å². The highest BCUT2D eigenvalue weighted by Crippen LogP contribution is 2.27. The van der Waals surface area contributed by atoms with Crippen molar-refractivity contribution >= 4 is 0 Å². The molecule has 3 heteroatoms. The molecule has 1 unspecified atom stereocenters. The third-order valence-corrected chi connectivity index (χ3v) is 3.38. The van der Waals surface area contributed by atoms with Crippen molar-refractivity contribution in [2.45, 2.75) is 52.2 Å². The van der Waals surface area contributed by atoms with Crippen LogP contribution in [0.4, 0.5) is 0 Å². The van der Waals surface area contributed by atoms with Crippen LogP contribution >= 0.6 is 0 Å². The topological polar surface area (TPSA) is 35.5 Å². The minimum absolute atomic E-state index is 0.0200. The molecule has 0 amide bonds. The van der Waals surface area contributed by atoms with E-state index in [0.717, 1.165) is 38.4 Å². The molecule has 1 fully saturated rings. The summed E-state index contributed by atoms with van der Waals surface area (Å²) in [5.41, 5.74) is 0.213. The van der Waals surface area contributed by atoms with E-state index in [2.05, 4.69) is 45.0 Å². The summed E-state index contributed by atoms with van der Waals surface area (Å²) in [6.45, 7) is 12.3. The minimum atomic E-state index is -0.0200. The van der Waals surface area contributed by atoms with Gasteiger partial charge in [-0.2, -0.15) is 0 Å². The molecular weight excluding hydrogens is 212 g/mol. The molecule has 0 bridgehead atoms. The normalized spacial score (nSPS) is 27.0. The Kier molecular flexibility index (Phi) is 5.42. The predicted molar refractivity (Wildman–Crippen MR) is 73.1 cm³/mol. The van der Waals surface area contributed by atoms with Gasteiger partial charge < -0.3 is 15.3 Å².